The number of fused-ring (bicyclic) bond motifs is 1. The lowest BCUT2D eigenvalue weighted by molar-refractivity contribution is 0.634. The van der Waals surface area contributed by atoms with Gasteiger partial charge in [-0.3, -0.25) is 0 Å². The molecule has 0 atom stereocenters. The smallest absolute Gasteiger partial charge is 0.0473 e. The van der Waals surface area contributed by atoms with Crippen molar-refractivity contribution in [2.45, 2.75) is 51.2 Å². The number of aryl methyl sites for hydroxylation is 2. The number of aromatic nitrogens is 1. The molecule has 20 heavy (non-hydrogen) atoms. The molecule has 0 radical (unpaired) electrons. The number of hydrogen-bond donors (Lipinski definition) is 1. The fraction of sp³-hybridized carbons (Fsp3) is 0.444. The molecule has 1 heterocycles. The topological polar surface area (TPSA) is 17.0 Å². The summed E-state index contributed by atoms with van der Waals surface area (Å²) in [6, 6.07) is 12.2. The minimum absolute atomic E-state index is 0.776. The lowest BCUT2D eigenvalue weighted by Gasteiger charge is -2.11. The molecular formula is C18H22N2. The van der Waals surface area contributed by atoms with Crippen LogP contribution in [0.15, 0.2) is 36.5 Å². The third-order valence-corrected chi connectivity index (χ3v) is 4.59. The van der Waals surface area contributed by atoms with Crippen LogP contribution in [0, 0.1) is 0 Å². The van der Waals surface area contributed by atoms with E-state index in [0.717, 1.165) is 19.1 Å². The van der Waals surface area contributed by atoms with Crippen molar-refractivity contribution in [2.24, 2.45) is 0 Å². The Morgan fingerprint density at radius 1 is 1.10 bits per heavy atom. The van der Waals surface area contributed by atoms with Gasteiger partial charge < -0.3 is 9.88 Å². The average molecular weight is 266 g/mol. The second kappa shape index (κ2) is 5.10. The Bertz CT molecular complexity index is 608. The maximum Gasteiger partial charge on any atom is 0.0473 e. The summed E-state index contributed by atoms with van der Waals surface area (Å²) in [5.74, 6) is 0. The highest BCUT2D eigenvalue weighted by atomic mass is 15.0. The van der Waals surface area contributed by atoms with Crippen LogP contribution in [-0.2, 0) is 25.9 Å². The quantitative estimate of drug-likeness (QED) is 0.879. The zero-order valence-corrected chi connectivity index (χ0v) is 11.9. The number of hydrogen-bond acceptors (Lipinski definition) is 1. The zero-order valence-electron chi connectivity index (χ0n) is 11.9. The molecule has 0 amide bonds. The summed E-state index contributed by atoms with van der Waals surface area (Å²) in [7, 11) is 0. The molecule has 4 rings (SSSR count). The van der Waals surface area contributed by atoms with Crippen molar-refractivity contribution in [3.05, 3.63) is 58.9 Å². The Labute approximate surface area is 120 Å². The van der Waals surface area contributed by atoms with Crippen molar-refractivity contribution in [3.63, 3.8) is 0 Å². The van der Waals surface area contributed by atoms with Crippen LogP contribution in [0.4, 0.5) is 0 Å². The van der Waals surface area contributed by atoms with Crippen LogP contribution in [0.3, 0.4) is 0 Å². The van der Waals surface area contributed by atoms with E-state index in [1.807, 2.05) is 0 Å². The number of nitrogens with one attached hydrogen (secondary N) is 1. The first kappa shape index (κ1) is 12.2. The van der Waals surface area contributed by atoms with Crippen molar-refractivity contribution in [2.75, 3.05) is 0 Å². The van der Waals surface area contributed by atoms with E-state index in [9.17, 15) is 0 Å². The van der Waals surface area contributed by atoms with Crippen molar-refractivity contribution in [1.29, 1.82) is 0 Å². The summed E-state index contributed by atoms with van der Waals surface area (Å²) in [6.07, 6.45) is 8.79. The van der Waals surface area contributed by atoms with Crippen LogP contribution < -0.4 is 5.32 Å². The molecule has 2 aliphatic carbocycles. The SMILES string of the molecule is c1cc(CNC2CC2)n(Cc2ccc3c(c2)CCC3)c1. The monoisotopic (exact) mass is 266 g/mol. The van der Waals surface area contributed by atoms with E-state index in [4.69, 9.17) is 0 Å². The Kier molecular flexibility index (Phi) is 3.12. The molecule has 1 saturated carbocycles. The fourth-order valence-corrected chi connectivity index (χ4v) is 3.22. The van der Waals surface area contributed by atoms with Gasteiger partial charge in [-0.1, -0.05) is 18.2 Å². The van der Waals surface area contributed by atoms with Gasteiger partial charge in [-0.15, -0.1) is 0 Å². The average Bonchev–Trinajstić information content (AvgIpc) is 2.99. The van der Waals surface area contributed by atoms with Crippen LogP contribution in [0.5, 0.6) is 0 Å². The first-order chi connectivity index (χ1) is 9.88. The molecular weight excluding hydrogens is 244 g/mol. The highest BCUT2D eigenvalue weighted by Crippen LogP contribution is 2.23. The van der Waals surface area contributed by atoms with Gasteiger partial charge in [0.25, 0.3) is 0 Å². The molecule has 1 fully saturated rings. The number of rotatable bonds is 5. The maximum absolute atomic E-state index is 3.61. The van der Waals surface area contributed by atoms with E-state index in [1.54, 1.807) is 11.1 Å². The van der Waals surface area contributed by atoms with Gasteiger partial charge in [-0.05, 0) is 60.9 Å². The molecule has 104 valence electrons. The highest BCUT2D eigenvalue weighted by molar-refractivity contribution is 5.35. The Morgan fingerprint density at radius 2 is 2.00 bits per heavy atom. The molecule has 2 aliphatic rings. The van der Waals surface area contributed by atoms with Crippen LogP contribution in [0.1, 0.15) is 41.6 Å². The first-order valence-electron chi connectivity index (χ1n) is 7.86. The van der Waals surface area contributed by atoms with E-state index in [2.05, 4.69) is 46.4 Å². The molecule has 2 aromatic rings. The summed E-state index contributed by atoms with van der Waals surface area (Å²) in [5, 5.41) is 3.61. The molecule has 0 unspecified atom stereocenters. The van der Waals surface area contributed by atoms with Gasteiger partial charge in [0.15, 0.2) is 0 Å². The van der Waals surface area contributed by atoms with Crippen LogP contribution in [-0.4, -0.2) is 10.6 Å². The third kappa shape index (κ3) is 2.53. The maximum atomic E-state index is 3.61. The molecule has 1 N–H and O–H groups in total. The molecule has 2 nitrogen and oxygen atoms in total. The fourth-order valence-electron chi connectivity index (χ4n) is 3.22. The van der Waals surface area contributed by atoms with E-state index in [1.165, 1.54) is 43.4 Å². The minimum Gasteiger partial charge on any atom is -0.346 e. The Hall–Kier alpha value is -1.54. The predicted octanol–water partition coefficient (Wildman–Crippen LogP) is 3.28. The molecule has 0 spiro atoms. The van der Waals surface area contributed by atoms with Gasteiger partial charge in [0.05, 0.1) is 0 Å². The van der Waals surface area contributed by atoms with Crippen molar-refractivity contribution in [1.82, 2.24) is 9.88 Å². The summed E-state index contributed by atoms with van der Waals surface area (Å²) >= 11 is 0. The van der Waals surface area contributed by atoms with Crippen LogP contribution in [0.25, 0.3) is 0 Å². The number of benzene rings is 1. The summed E-state index contributed by atoms with van der Waals surface area (Å²) in [6.45, 7) is 2.00. The molecule has 0 saturated heterocycles. The van der Waals surface area contributed by atoms with Crippen molar-refractivity contribution in [3.8, 4) is 0 Å². The molecule has 0 bridgehead atoms. The lowest BCUT2D eigenvalue weighted by Crippen LogP contribution is -2.18. The first-order valence-corrected chi connectivity index (χ1v) is 7.86. The van der Waals surface area contributed by atoms with Crippen LogP contribution >= 0.6 is 0 Å². The second-order valence-electron chi connectivity index (χ2n) is 6.24. The van der Waals surface area contributed by atoms with Crippen LogP contribution in [0.2, 0.25) is 0 Å². The van der Waals surface area contributed by atoms with Gasteiger partial charge >= 0.3 is 0 Å². The summed E-state index contributed by atoms with van der Waals surface area (Å²) < 4.78 is 2.38. The van der Waals surface area contributed by atoms with E-state index >= 15 is 0 Å². The van der Waals surface area contributed by atoms with Gasteiger partial charge in [-0.2, -0.15) is 0 Å². The third-order valence-electron chi connectivity index (χ3n) is 4.59. The Morgan fingerprint density at radius 3 is 2.90 bits per heavy atom. The van der Waals surface area contributed by atoms with Gasteiger partial charge in [-0.25, -0.2) is 0 Å². The standard InChI is InChI=1S/C18H22N2/c1-3-15-7-6-14(11-16(15)4-1)13-20-10-2-5-18(20)12-19-17-8-9-17/h2,5-7,10-11,17,19H,1,3-4,8-9,12-13H2. The van der Waals surface area contributed by atoms with Gasteiger partial charge in [0.1, 0.15) is 0 Å². The van der Waals surface area contributed by atoms with E-state index < -0.39 is 0 Å². The van der Waals surface area contributed by atoms with Crippen molar-refractivity contribution < 1.29 is 0 Å². The van der Waals surface area contributed by atoms with E-state index in [-0.39, 0.29) is 0 Å². The molecule has 1 aromatic heterocycles. The number of nitrogens with zero attached hydrogens (tertiary/aromatic N) is 1. The lowest BCUT2D eigenvalue weighted by atomic mass is 10.1. The zero-order chi connectivity index (χ0) is 13.4. The molecule has 0 aliphatic heterocycles. The van der Waals surface area contributed by atoms with E-state index in [0.29, 0.717) is 0 Å². The summed E-state index contributed by atoms with van der Waals surface area (Å²) in [4.78, 5) is 0. The predicted molar refractivity (Wildman–Crippen MR) is 81.9 cm³/mol. The largest absolute Gasteiger partial charge is 0.346 e. The molecule has 2 heteroatoms. The molecule has 1 aromatic carbocycles. The minimum atomic E-state index is 0.776. The van der Waals surface area contributed by atoms with Gasteiger partial charge in [0.2, 0.25) is 0 Å². The second-order valence-corrected chi connectivity index (χ2v) is 6.24. The van der Waals surface area contributed by atoms with Crippen molar-refractivity contribution >= 4 is 0 Å². The normalized spacial score (nSPS) is 17.4. The Balaban J connectivity index is 1.49. The summed E-state index contributed by atoms with van der Waals surface area (Å²) in [5.41, 5.74) is 5.98. The van der Waals surface area contributed by atoms with Gasteiger partial charge in [0, 0.05) is 31.0 Å². The highest BCUT2D eigenvalue weighted by Gasteiger charge is 2.20.